The Morgan fingerprint density at radius 3 is 2.29 bits per heavy atom. The van der Waals surface area contributed by atoms with Gasteiger partial charge in [0, 0.05) is 32.6 Å². The fourth-order valence-corrected chi connectivity index (χ4v) is 4.14. The lowest BCUT2D eigenvalue weighted by Gasteiger charge is -2.31. The number of carbonyl (C=O) groups excluding carboxylic acids is 2. The van der Waals surface area contributed by atoms with Crippen molar-refractivity contribution in [3.63, 3.8) is 0 Å². The molecule has 2 fully saturated rings. The van der Waals surface area contributed by atoms with E-state index in [1.807, 2.05) is 30.1 Å². The van der Waals surface area contributed by atoms with Gasteiger partial charge in [-0.05, 0) is 36.0 Å². The Morgan fingerprint density at radius 1 is 0.964 bits per heavy atom. The minimum atomic E-state index is -0.167. The van der Waals surface area contributed by atoms with Crippen LogP contribution in [0.25, 0.3) is 11.1 Å². The summed E-state index contributed by atoms with van der Waals surface area (Å²) in [6.45, 7) is 1.82. The Hall–Kier alpha value is -2.62. The van der Waals surface area contributed by atoms with Gasteiger partial charge >= 0.3 is 0 Å². The Bertz CT molecular complexity index is 827. The molecule has 0 aromatic heterocycles. The van der Waals surface area contributed by atoms with Crippen LogP contribution >= 0.6 is 0 Å². The average Bonchev–Trinajstić information content (AvgIpc) is 2.82. The van der Waals surface area contributed by atoms with Crippen LogP contribution in [0.2, 0.25) is 0 Å². The van der Waals surface area contributed by atoms with E-state index in [0.29, 0.717) is 26.1 Å². The summed E-state index contributed by atoms with van der Waals surface area (Å²) in [4.78, 5) is 29.3. The van der Waals surface area contributed by atoms with Crippen LogP contribution in [0.4, 0.5) is 0 Å². The van der Waals surface area contributed by atoms with E-state index in [4.69, 9.17) is 0 Å². The van der Waals surface area contributed by atoms with Gasteiger partial charge in [-0.3, -0.25) is 9.59 Å². The molecule has 1 aliphatic heterocycles. The summed E-state index contributed by atoms with van der Waals surface area (Å²) in [6.07, 6.45) is 3.84. The molecule has 2 aromatic carbocycles. The van der Waals surface area contributed by atoms with E-state index in [1.165, 1.54) is 11.1 Å². The standard InChI is InChI=1S/C24H28N2O2/c1-25-14-15-26(24(28)21-8-5-9-21)17-22(23(25)27)16-18-10-12-20(13-11-18)19-6-3-2-4-7-19/h2-4,6-7,10-13,21-22H,5,8-9,14-17H2,1H3/t22-/m0/s1. The Kier molecular flexibility index (Phi) is 5.47. The molecular weight excluding hydrogens is 348 g/mol. The molecule has 1 saturated carbocycles. The maximum absolute atomic E-state index is 12.8. The quantitative estimate of drug-likeness (QED) is 0.818. The molecule has 0 bridgehead atoms. The van der Waals surface area contributed by atoms with Crippen LogP contribution in [0.15, 0.2) is 54.6 Å². The van der Waals surface area contributed by atoms with Gasteiger partial charge in [0.05, 0.1) is 5.92 Å². The number of carbonyl (C=O) groups is 2. The molecule has 2 aromatic rings. The van der Waals surface area contributed by atoms with Crippen molar-refractivity contribution in [3.05, 3.63) is 60.2 Å². The molecule has 1 atom stereocenters. The highest BCUT2D eigenvalue weighted by atomic mass is 16.2. The number of hydrogen-bond donors (Lipinski definition) is 0. The zero-order valence-corrected chi connectivity index (χ0v) is 16.5. The van der Waals surface area contributed by atoms with Gasteiger partial charge in [0.15, 0.2) is 0 Å². The molecule has 0 N–H and O–H groups in total. The number of amides is 2. The highest BCUT2D eigenvalue weighted by molar-refractivity contribution is 5.83. The lowest BCUT2D eigenvalue weighted by molar-refractivity contribution is -0.138. The number of benzene rings is 2. The third-order valence-corrected chi connectivity index (χ3v) is 6.18. The highest BCUT2D eigenvalue weighted by Crippen LogP contribution is 2.29. The van der Waals surface area contributed by atoms with Gasteiger partial charge in [0.1, 0.15) is 0 Å². The van der Waals surface area contributed by atoms with Gasteiger partial charge in [-0.15, -0.1) is 0 Å². The van der Waals surface area contributed by atoms with Crippen molar-refractivity contribution in [2.75, 3.05) is 26.7 Å². The Morgan fingerprint density at radius 2 is 1.64 bits per heavy atom. The Labute approximate surface area is 167 Å². The molecule has 1 heterocycles. The van der Waals surface area contributed by atoms with Gasteiger partial charge in [-0.2, -0.15) is 0 Å². The van der Waals surface area contributed by atoms with E-state index in [9.17, 15) is 9.59 Å². The summed E-state index contributed by atoms with van der Waals surface area (Å²) in [5.41, 5.74) is 3.51. The fraction of sp³-hybridized carbons (Fsp3) is 0.417. The third kappa shape index (κ3) is 3.96. The number of nitrogens with zero attached hydrogens (tertiary/aromatic N) is 2. The van der Waals surface area contributed by atoms with Gasteiger partial charge in [0.2, 0.25) is 11.8 Å². The number of rotatable bonds is 4. The topological polar surface area (TPSA) is 40.6 Å². The van der Waals surface area contributed by atoms with E-state index in [-0.39, 0.29) is 23.7 Å². The normalized spacial score (nSPS) is 20.6. The van der Waals surface area contributed by atoms with Crippen molar-refractivity contribution in [1.82, 2.24) is 9.80 Å². The molecule has 4 rings (SSSR count). The first-order valence-electron chi connectivity index (χ1n) is 10.3. The van der Waals surface area contributed by atoms with E-state index in [1.54, 1.807) is 4.90 Å². The third-order valence-electron chi connectivity index (χ3n) is 6.18. The van der Waals surface area contributed by atoms with Crippen molar-refractivity contribution in [2.45, 2.75) is 25.7 Å². The maximum Gasteiger partial charge on any atom is 0.227 e. The molecule has 2 amide bonds. The van der Waals surface area contributed by atoms with Crippen LogP contribution in [-0.2, 0) is 16.0 Å². The summed E-state index contributed by atoms with van der Waals surface area (Å²) in [5.74, 6) is 0.415. The van der Waals surface area contributed by atoms with Crippen LogP contribution in [-0.4, -0.2) is 48.3 Å². The van der Waals surface area contributed by atoms with Crippen LogP contribution in [0.5, 0.6) is 0 Å². The molecule has 0 radical (unpaired) electrons. The smallest absolute Gasteiger partial charge is 0.227 e. The molecule has 0 spiro atoms. The van der Waals surface area contributed by atoms with Gasteiger partial charge in [-0.1, -0.05) is 61.0 Å². The fourth-order valence-electron chi connectivity index (χ4n) is 4.14. The zero-order valence-electron chi connectivity index (χ0n) is 16.5. The summed E-state index contributed by atoms with van der Waals surface area (Å²) in [5, 5.41) is 0. The van der Waals surface area contributed by atoms with Crippen molar-refractivity contribution >= 4 is 11.8 Å². The summed E-state index contributed by atoms with van der Waals surface area (Å²) < 4.78 is 0. The van der Waals surface area contributed by atoms with Gasteiger partial charge in [-0.25, -0.2) is 0 Å². The molecule has 1 aliphatic carbocycles. The Balaban J connectivity index is 1.48. The molecular formula is C24H28N2O2. The monoisotopic (exact) mass is 376 g/mol. The lowest BCUT2D eigenvalue weighted by Crippen LogP contribution is -2.42. The molecule has 4 heteroatoms. The minimum absolute atomic E-state index is 0.149. The van der Waals surface area contributed by atoms with E-state index < -0.39 is 0 Å². The molecule has 1 saturated heterocycles. The summed E-state index contributed by atoms with van der Waals surface area (Å²) in [6, 6.07) is 18.7. The van der Waals surface area contributed by atoms with Gasteiger partial charge in [0.25, 0.3) is 0 Å². The lowest BCUT2D eigenvalue weighted by atomic mass is 9.84. The second kappa shape index (κ2) is 8.17. The van der Waals surface area contributed by atoms with Crippen molar-refractivity contribution < 1.29 is 9.59 Å². The van der Waals surface area contributed by atoms with Crippen molar-refractivity contribution in [2.24, 2.45) is 11.8 Å². The summed E-state index contributed by atoms with van der Waals surface area (Å²) >= 11 is 0. The second-order valence-electron chi connectivity index (χ2n) is 8.14. The van der Waals surface area contributed by atoms with E-state index >= 15 is 0 Å². The molecule has 146 valence electrons. The van der Waals surface area contributed by atoms with Crippen molar-refractivity contribution in [3.8, 4) is 11.1 Å². The predicted octanol–water partition coefficient (Wildman–Crippen LogP) is 3.61. The first kappa shape index (κ1) is 18.7. The van der Waals surface area contributed by atoms with Crippen LogP contribution in [0.3, 0.4) is 0 Å². The molecule has 28 heavy (non-hydrogen) atoms. The van der Waals surface area contributed by atoms with E-state index in [2.05, 4.69) is 36.4 Å². The number of likely N-dealkylation sites (N-methyl/N-ethyl adjacent to an activating group) is 1. The summed E-state index contributed by atoms with van der Waals surface area (Å²) in [7, 11) is 1.85. The van der Waals surface area contributed by atoms with Gasteiger partial charge < -0.3 is 9.80 Å². The second-order valence-corrected chi connectivity index (χ2v) is 8.14. The molecule has 4 nitrogen and oxygen atoms in total. The van der Waals surface area contributed by atoms with Crippen LogP contribution in [0, 0.1) is 11.8 Å². The highest BCUT2D eigenvalue weighted by Gasteiger charge is 2.35. The van der Waals surface area contributed by atoms with E-state index in [0.717, 1.165) is 24.8 Å². The minimum Gasteiger partial charge on any atom is -0.344 e. The average molecular weight is 377 g/mol. The first-order chi connectivity index (χ1) is 13.6. The van der Waals surface area contributed by atoms with Crippen LogP contribution in [0.1, 0.15) is 24.8 Å². The zero-order chi connectivity index (χ0) is 19.5. The first-order valence-corrected chi connectivity index (χ1v) is 10.3. The molecule has 2 aliphatic rings. The van der Waals surface area contributed by atoms with Crippen molar-refractivity contribution in [1.29, 1.82) is 0 Å². The number of hydrogen-bond acceptors (Lipinski definition) is 2. The predicted molar refractivity (Wildman–Crippen MR) is 111 cm³/mol. The SMILES string of the molecule is CN1CCN(C(=O)C2CCC2)C[C@H](Cc2ccc(-c3ccccc3)cc2)C1=O. The maximum atomic E-state index is 12.8. The van der Waals surface area contributed by atoms with Crippen LogP contribution < -0.4 is 0 Å². The molecule has 0 unspecified atom stereocenters. The largest absolute Gasteiger partial charge is 0.344 e.